The summed E-state index contributed by atoms with van der Waals surface area (Å²) in [5.41, 5.74) is 3.72. The number of phenols is 1. The van der Waals surface area contributed by atoms with Crippen molar-refractivity contribution < 1.29 is 13.5 Å². The maximum Gasteiger partial charge on any atom is 0.238 e. The van der Waals surface area contributed by atoms with Gasteiger partial charge in [0.15, 0.2) is 0 Å². The lowest BCUT2D eigenvalue weighted by Crippen LogP contribution is -2.67. The first-order valence-electron chi connectivity index (χ1n) is 11.7. The molecule has 0 spiro atoms. The van der Waals surface area contributed by atoms with Crippen LogP contribution in [0.4, 0.5) is 0 Å². The Bertz CT molecular complexity index is 1100. The predicted molar refractivity (Wildman–Crippen MR) is 125 cm³/mol. The van der Waals surface area contributed by atoms with Gasteiger partial charge >= 0.3 is 0 Å². The highest BCUT2D eigenvalue weighted by Crippen LogP contribution is 2.47. The molecule has 1 saturated heterocycles. The largest absolute Gasteiger partial charge is 0.508 e. The number of rotatable bonds is 7. The van der Waals surface area contributed by atoms with E-state index in [1.54, 1.807) is 12.1 Å². The molecule has 2 aromatic carbocycles. The topological polar surface area (TPSA) is 95.7 Å². The van der Waals surface area contributed by atoms with E-state index in [4.69, 9.17) is 5.14 Å². The molecule has 0 aromatic heterocycles. The van der Waals surface area contributed by atoms with Crippen LogP contribution in [-0.2, 0) is 28.3 Å². The van der Waals surface area contributed by atoms with Crippen molar-refractivity contribution in [2.75, 3.05) is 19.6 Å². The lowest BCUT2D eigenvalue weighted by atomic mass is 9.61. The van der Waals surface area contributed by atoms with Crippen LogP contribution in [-0.4, -0.2) is 50.1 Å². The first-order valence-corrected chi connectivity index (χ1v) is 13.2. The molecule has 0 unspecified atom stereocenters. The van der Waals surface area contributed by atoms with Gasteiger partial charge < -0.3 is 10.4 Å². The van der Waals surface area contributed by atoms with Gasteiger partial charge in [-0.15, -0.1) is 0 Å². The number of nitrogens with one attached hydrogen (secondary N) is 1. The van der Waals surface area contributed by atoms with E-state index < -0.39 is 10.0 Å². The standard InChI is InChI=1S/C25H33N3O3S/c1-25-11-13-28(16-18-2-3-18)23(14-19-6-7-20(29)15-22(19)25)24(25)27-12-10-17-4-8-21(9-5-17)32(26,30)31/h4-9,15,18,23-24,27,29H,2-3,10-14,16H2,1H3,(H2,26,30,31)/t23-,24+,25+/m1/s1. The Morgan fingerprint density at radius 2 is 1.94 bits per heavy atom. The van der Waals surface area contributed by atoms with Crippen molar-refractivity contribution >= 4 is 10.0 Å². The summed E-state index contributed by atoms with van der Waals surface area (Å²) in [7, 11) is -3.66. The number of sulfonamides is 1. The molecule has 0 amide bonds. The monoisotopic (exact) mass is 455 g/mol. The van der Waals surface area contributed by atoms with Crippen molar-refractivity contribution in [1.82, 2.24) is 10.2 Å². The second-order valence-corrected chi connectivity index (χ2v) is 11.7. The summed E-state index contributed by atoms with van der Waals surface area (Å²) in [6, 6.07) is 13.5. The zero-order valence-corrected chi connectivity index (χ0v) is 19.4. The van der Waals surface area contributed by atoms with Crippen LogP contribution in [0.2, 0.25) is 0 Å². The number of hydrogen-bond donors (Lipinski definition) is 3. The number of aromatic hydroxyl groups is 1. The fourth-order valence-corrected chi connectivity index (χ4v) is 6.33. The van der Waals surface area contributed by atoms with E-state index in [1.807, 2.05) is 24.3 Å². The number of fused-ring (bicyclic) bond motifs is 4. The second kappa shape index (κ2) is 8.13. The maximum atomic E-state index is 11.5. The van der Waals surface area contributed by atoms with Gasteiger partial charge in [-0.3, -0.25) is 4.90 Å². The van der Waals surface area contributed by atoms with E-state index >= 15 is 0 Å². The zero-order chi connectivity index (χ0) is 22.5. The quantitative estimate of drug-likeness (QED) is 0.596. The summed E-state index contributed by atoms with van der Waals surface area (Å²) in [5.74, 6) is 1.20. The molecule has 2 bridgehead atoms. The molecular formula is C25H33N3O3S. The number of nitrogens with two attached hydrogens (primary N) is 1. The van der Waals surface area contributed by atoms with Gasteiger partial charge in [-0.1, -0.05) is 25.1 Å². The fraction of sp³-hybridized carbons (Fsp3) is 0.520. The predicted octanol–water partition coefficient (Wildman–Crippen LogP) is 2.54. The van der Waals surface area contributed by atoms with E-state index in [0.717, 1.165) is 43.8 Å². The molecule has 6 nitrogen and oxygen atoms in total. The summed E-state index contributed by atoms with van der Waals surface area (Å²) in [6.07, 6.45) is 5.63. The normalized spacial score (nSPS) is 27.8. The van der Waals surface area contributed by atoms with Crippen molar-refractivity contribution in [3.05, 3.63) is 59.2 Å². The summed E-state index contributed by atoms with van der Waals surface area (Å²) in [4.78, 5) is 2.85. The smallest absolute Gasteiger partial charge is 0.238 e. The van der Waals surface area contributed by atoms with Crippen LogP contribution in [0, 0.1) is 5.92 Å². The van der Waals surface area contributed by atoms with Gasteiger partial charge in [0.05, 0.1) is 4.90 Å². The molecule has 1 saturated carbocycles. The number of hydrogen-bond acceptors (Lipinski definition) is 5. The Morgan fingerprint density at radius 3 is 2.62 bits per heavy atom. The Hall–Kier alpha value is -1.93. The van der Waals surface area contributed by atoms with Crippen molar-refractivity contribution in [2.24, 2.45) is 11.1 Å². The van der Waals surface area contributed by atoms with Gasteiger partial charge in [0, 0.05) is 24.0 Å². The second-order valence-electron chi connectivity index (χ2n) is 10.1. The molecule has 0 radical (unpaired) electrons. The van der Waals surface area contributed by atoms with Gasteiger partial charge in [-0.05, 0) is 92.1 Å². The average Bonchev–Trinajstić information content (AvgIpc) is 3.56. The third kappa shape index (κ3) is 4.19. The van der Waals surface area contributed by atoms with Crippen LogP contribution in [0.1, 0.15) is 42.9 Å². The molecule has 3 atom stereocenters. The SMILES string of the molecule is C[C@]12CCN(CC3CC3)[C@H](Cc3ccc(O)cc31)[C@@H]2NCCc1ccc(S(N)(=O)=O)cc1. The van der Waals surface area contributed by atoms with Gasteiger partial charge in [0.1, 0.15) is 5.75 Å². The van der Waals surface area contributed by atoms with E-state index in [0.29, 0.717) is 17.8 Å². The first kappa shape index (κ1) is 21.9. The molecule has 172 valence electrons. The minimum Gasteiger partial charge on any atom is -0.508 e. The Labute approximate surface area is 190 Å². The molecule has 4 N–H and O–H groups in total. The Kier molecular flexibility index (Phi) is 5.56. The highest BCUT2D eigenvalue weighted by molar-refractivity contribution is 7.89. The van der Waals surface area contributed by atoms with E-state index in [2.05, 4.69) is 23.2 Å². The summed E-state index contributed by atoms with van der Waals surface area (Å²) < 4.78 is 23.0. The van der Waals surface area contributed by atoms with Crippen LogP contribution in [0.5, 0.6) is 5.75 Å². The number of piperidine rings is 1. The van der Waals surface area contributed by atoms with E-state index in [9.17, 15) is 13.5 Å². The number of nitrogens with zero attached hydrogens (tertiary/aromatic N) is 1. The third-order valence-electron chi connectivity index (χ3n) is 7.82. The van der Waals surface area contributed by atoms with Gasteiger partial charge in [-0.2, -0.15) is 0 Å². The maximum absolute atomic E-state index is 11.5. The molecule has 32 heavy (non-hydrogen) atoms. The van der Waals surface area contributed by atoms with E-state index in [-0.39, 0.29) is 10.3 Å². The zero-order valence-electron chi connectivity index (χ0n) is 18.6. The van der Waals surface area contributed by atoms with Gasteiger partial charge in [0.25, 0.3) is 0 Å². The molecule has 2 aromatic rings. The highest BCUT2D eigenvalue weighted by Gasteiger charge is 2.51. The molecular weight excluding hydrogens is 422 g/mol. The highest BCUT2D eigenvalue weighted by atomic mass is 32.2. The number of benzene rings is 2. The van der Waals surface area contributed by atoms with Crippen molar-refractivity contribution in [1.29, 1.82) is 0 Å². The van der Waals surface area contributed by atoms with Gasteiger partial charge in [-0.25, -0.2) is 13.6 Å². The molecule has 3 aliphatic rings. The van der Waals surface area contributed by atoms with Crippen LogP contribution in [0.3, 0.4) is 0 Å². The van der Waals surface area contributed by atoms with Crippen molar-refractivity contribution in [2.45, 2.75) is 61.4 Å². The lowest BCUT2D eigenvalue weighted by molar-refractivity contribution is 0.0432. The minimum absolute atomic E-state index is 0.0193. The van der Waals surface area contributed by atoms with Crippen LogP contribution < -0.4 is 10.5 Å². The lowest BCUT2D eigenvalue weighted by Gasteiger charge is -2.56. The van der Waals surface area contributed by atoms with Crippen LogP contribution >= 0.6 is 0 Å². The summed E-state index contributed by atoms with van der Waals surface area (Å²) >= 11 is 0. The van der Waals surface area contributed by atoms with Crippen molar-refractivity contribution in [3.8, 4) is 5.75 Å². The first-order chi connectivity index (χ1) is 15.2. The van der Waals surface area contributed by atoms with Crippen molar-refractivity contribution in [3.63, 3.8) is 0 Å². The fourth-order valence-electron chi connectivity index (χ4n) is 5.82. The molecule has 2 aliphatic carbocycles. The third-order valence-corrected chi connectivity index (χ3v) is 8.75. The number of primary sulfonamides is 1. The Balaban J connectivity index is 1.35. The molecule has 2 fully saturated rings. The summed E-state index contributed by atoms with van der Waals surface area (Å²) in [5, 5.41) is 19.3. The summed E-state index contributed by atoms with van der Waals surface area (Å²) in [6.45, 7) is 5.47. The molecule has 7 heteroatoms. The Morgan fingerprint density at radius 1 is 1.19 bits per heavy atom. The minimum atomic E-state index is -3.66. The van der Waals surface area contributed by atoms with E-state index in [1.165, 1.54) is 30.5 Å². The molecule has 1 aliphatic heterocycles. The molecule has 1 heterocycles. The van der Waals surface area contributed by atoms with Crippen LogP contribution in [0.15, 0.2) is 47.4 Å². The van der Waals surface area contributed by atoms with Crippen LogP contribution in [0.25, 0.3) is 0 Å². The molecule has 5 rings (SSSR count). The van der Waals surface area contributed by atoms with Gasteiger partial charge in [0.2, 0.25) is 10.0 Å². The average molecular weight is 456 g/mol. The number of phenolic OH excluding ortho intramolecular Hbond substituents is 1. The number of likely N-dealkylation sites (tertiary alicyclic amines) is 1.